The van der Waals surface area contributed by atoms with Gasteiger partial charge in [0.2, 0.25) is 0 Å². The molecule has 1 atom stereocenters. The normalized spacial score (nSPS) is 12.0. The minimum Gasteiger partial charge on any atom is -0.493 e. The largest absolute Gasteiger partial charge is 0.493 e. The van der Waals surface area contributed by atoms with Gasteiger partial charge in [0.1, 0.15) is 5.75 Å². The topological polar surface area (TPSA) is 60.5 Å². The zero-order valence-electron chi connectivity index (χ0n) is 21.8. The molecule has 4 rings (SSSR count). The fourth-order valence-corrected chi connectivity index (χ4v) is 5.35. The fraction of sp³-hybridized carbons (Fsp3) is 0.333. The number of fused-ring (bicyclic) bond motifs is 1. The zero-order chi connectivity index (χ0) is 25.8. The van der Waals surface area contributed by atoms with Gasteiger partial charge in [-0.15, -0.1) is 0 Å². The predicted molar refractivity (Wildman–Crippen MR) is 148 cm³/mol. The van der Waals surface area contributed by atoms with Crippen LogP contribution in [0, 0.1) is 17.0 Å². The van der Waals surface area contributed by atoms with Crippen LogP contribution in [0.2, 0.25) is 0 Å². The van der Waals surface area contributed by atoms with Crippen LogP contribution < -0.4 is 9.64 Å². The third-order valence-electron chi connectivity index (χ3n) is 7.06. The average Bonchev–Trinajstić information content (AvgIpc) is 3.17. The summed E-state index contributed by atoms with van der Waals surface area (Å²) in [7, 11) is 0. The predicted octanol–water partition coefficient (Wildman–Crippen LogP) is 7.30. The number of anilines is 1. The Labute approximate surface area is 213 Å². The lowest BCUT2D eigenvalue weighted by molar-refractivity contribution is -0.384. The summed E-state index contributed by atoms with van der Waals surface area (Å²) in [6, 6.07) is 21.9. The van der Waals surface area contributed by atoms with Crippen molar-refractivity contribution >= 4 is 22.3 Å². The lowest BCUT2D eigenvalue weighted by atomic mass is 9.83. The van der Waals surface area contributed by atoms with Crippen LogP contribution in [0.5, 0.6) is 5.75 Å². The molecule has 4 aromatic rings. The lowest BCUT2D eigenvalue weighted by Gasteiger charge is -2.26. The molecule has 0 bridgehead atoms. The summed E-state index contributed by atoms with van der Waals surface area (Å²) in [5, 5.41) is 12.6. The van der Waals surface area contributed by atoms with Gasteiger partial charge in [0, 0.05) is 71.6 Å². The van der Waals surface area contributed by atoms with E-state index in [1.54, 1.807) is 12.1 Å². The van der Waals surface area contributed by atoms with Crippen LogP contribution in [0.15, 0.2) is 66.7 Å². The Hall–Kier alpha value is -3.80. The van der Waals surface area contributed by atoms with Crippen molar-refractivity contribution in [2.24, 2.45) is 0 Å². The molecule has 1 aromatic heterocycles. The van der Waals surface area contributed by atoms with Gasteiger partial charge in [0.15, 0.2) is 0 Å². The molecular weight excluding hydrogens is 450 g/mol. The van der Waals surface area contributed by atoms with E-state index in [4.69, 9.17) is 4.74 Å². The van der Waals surface area contributed by atoms with Gasteiger partial charge in [0.25, 0.3) is 5.69 Å². The summed E-state index contributed by atoms with van der Waals surface area (Å²) >= 11 is 0. The zero-order valence-corrected chi connectivity index (χ0v) is 21.8. The first-order chi connectivity index (χ1) is 17.4. The molecule has 0 radical (unpaired) electrons. The molecule has 6 nitrogen and oxygen atoms in total. The van der Waals surface area contributed by atoms with Crippen molar-refractivity contribution in [3.63, 3.8) is 0 Å². The van der Waals surface area contributed by atoms with Gasteiger partial charge >= 0.3 is 0 Å². The van der Waals surface area contributed by atoms with Crippen molar-refractivity contribution in [1.82, 2.24) is 4.57 Å². The molecule has 0 fully saturated rings. The summed E-state index contributed by atoms with van der Waals surface area (Å²) in [6.45, 7) is 13.9. The number of nitro benzene ring substituents is 1. The van der Waals surface area contributed by atoms with Gasteiger partial charge in [-0.1, -0.05) is 36.4 Å². The molecule has 188 valence electrons. The van der Waals surface area contributed by atoms with E-state index in [1.165, 1.54) is 22.2 Å². The van der Waals surface area contributed by atoms with Crippen LogP contribution in [0.1, 0.15) is 56.0 Å². The van der Waals surface area contributed by atoms with E-state index in [0.29, 0.717) is 6.61 Å². The molecule has 0 saturated carbocycles. The van der Waals surface area contributed by atoms with Crippen molar-refractivity contribution in [3.05, 3.63) is 99.2 Å². The summed E-state index contributed by atoms with van der Waals surface area (Å²) in [4.78, 5) is 13.3. The number of nitro groups is 1. The molecule has 6 heteroatoms. The third-order valence-corrected chi connectivity index (χ3v) is 7.06. The van der Waals surface area contributed by atoms with Gasteiger partial charge in [-0.25, -0.2) is 0 Å². The monoisotopic (exact) mass is 485 g/mol. The number of aryl methyl sites for hydroxylation is 1. The molecule has 0 aliphatic heterocycles. The van der Waals surface area contributed by atoms with Crippen LogP contribution in [0.4, 0.5) is 11.4 Å². The van der Waals surface area contributed by atoms with E-state index in [2.05, 4.69) is 79.6 Å². The van der Waals surface area contributed by atoms with Crippen molar-refractivity contribution in [3.8, 4) is 5.75 Å². The second-order valence-electron chi connectivity index (χ2n) is 8.87. The van der Waals surface area contributed by atoms with Gasteiger partial charge in [-0.2, -0.15) is 0 Å². The van der Waals surface area contributed by atoms with Gasteiger partial charge < -0.3 is 14.2 Å². The van der Waals surface area contributed by atoms with E-state index in [-0.39, 0.29) is 16.5 Å². The molecule has 36 heavy (non-hydrogen) atoms. The molecule has 3 aromatic carbocycles. The Kier molecular flexibility index (Phi) is 7.63. The first-order valence-corrected chi connectivity index (χ1v) is 12.8. The number of hydrogen-bond donors (Lipinski definition) is 0. The highest BCUT2D eigenvalue weighted by Gasteiger charge is 2.28. The molecule has 0 amide bonds. The minimum absolute atomic E-state index is 0.0899. The molecule has 1 heterocycles. The van der Waals surface area contributed by atoms with E-state index in [9.17, 15) is 10.1 Å². The van der Waals surface area contributed by atoms with Crippen LogP contribution in [-0.2, 0) is 6.54 Å². The number of para-hydroxylation sites is 1. The number of aromatic nitrogens is 1. The second kappa shape index (κ2) is 10.9. The van der Waals surface area contributed by atoms with Crippen molar-refractivity contribution in [1.29, 1.82) is 0 Å². The molecule has 0 N–H and O–H groups in total. The quantitative estimate of drug-likeness (QED) is 0.175. The highest BCUT2D eigenvalue weighted by molar-refractivity contribution is 5.87. The highest BCUT2D eigenvalue weighted by Crippen LogP contribution is 2.44. The lowest BCUT2D eigenvalue weighted by Crippen LogP contribution is -2.22. The first-order valence-electron chi connectivity index (χ1n) is 12.8. The van der Waals surface area contributed by atoms with Gasteiger partial charge in [0.05, 0.1) is 11.5 Å². The van der Waals surface area contributed by atoms with Crippen molar-refractivity contribution < 1.29 is 9.66 Å². The number of hydrogen-bond acceptors (Lipinski definition) is 4. The second-order valence-corrected chi connectivity index (χ2v) is 8.87. The maximum absolute atomic E-state index is 11.4. The van der Waals surface area contributed by atoms with E-state index in [1.807, 2.05) is 19.1 Å². The molecule has 0 spiro atoms. The molecule has 0 saturated heterocycles. The Morgan fingerprint density at radius 1 is 0.972 bits per heavy atom. The van der Waals surface area contributed by atoms with Crippen LogP contribution in [0.25, 0.3) is 10.9 Å². The smallest absolute Gasteiger partial charge is 0.269 e. The Bertz CT molecular complexity index is 1350. The van der Waals surface area contributed by atoms with Crippen LogP contribution >= 0.6 is 0 Å². The Morgan fingerprint density at radius 2 is 1.67 bits per heavy atom. The SMILES string of the molecule is CCOc1cc(N(CC)CC)ccc1C(c1ccc([N+](=O)[O-])cc1)c1c(C)n(CC)c2ccccc12. The summed E-state index contributed by atoms with van der Waals surface area (Å²) in [5.41, 5.74) is 6.87. The Morgan fingerprint density at radius 3 is 2.28 bits per heavy atom. The first kappa shape index (κ1) is 25.3. The van der Waals surface area contributed by atoms with Gasteiger partial charge in [-0.3, -0.25) is 10.1 Å². The number of ether oxygens (including phenoxy) is 1. The van der Waals surface area contributed by atoms with Crippen LogP contribution in [0.3, 0.4) is 0 Å². The van der Waals surface area contributed by atoms with E-state index >= 15 is 0 Å². The third kappa shape index (κ3) is 4.55. The van der Waals surface area contributed by atoms with Crippen LogP contribution in [-0.4, -0.2) is 29.2 Å². The fourth-order valence-electron chi connectivity index (χ4n) is 5.35. The summed E-state index contributed by atoms with van der Waals surface area (Å²) in [5.74, 6) is 0.703. The molecular formula is C30H35N3O3. The number of rotatable bonds is 10. The van der Waals surface area contributed by atoms with Crippen molar-refractivity contribution in [2.75, 3.05) is 24.6 Å². The summed E-state index contributed by atoms with van der Waals surface area (Å²) in [6.07, 6.45) is 0. The standard InChI is InChI=1S/C30H35N3O3/c1-6-31(7-2)24-18-19-26(28(20-24)36-9-4)30(22-14-16-23(17-15-22)33(34)35)29-21(5)32(8-3)27-13-11-10-12-25(27)29/h10-20,30H,6-9H2,1-5H3. The maximum Gasteiger partial charge on any atom is 0.269 e. The highest BCUT2D eigenvalue weighted by atomic mass is 16.6. The minimum atomic E-state index is -0.350. The summed E-state index contributed by atoms with van der Waals surface area (Å²) < 4.78 is 8.59. The molecule has 0 aliphatic carbocycles. The number of nitrogens with zero attached hydrogens (tertiary/aromatic N) is 3. The van der Waals surface area contributed by atoms with E-state index in [0.717, 1.165) is 42.2 Å². The molecule has 1 unspecified atom stereocenters. The maximum atomic E-state index is 11.4. The average molecular weight is 486 g/mol. The molecule has 0 aliphatic rings. The van der Waals surface area contributed by atoms with Crippen molar-refractivity contribution in [2.45, 2.75) is 47.1 Å². The van der Waals surface area contributed by atoms with E-state index < -0.39 is 0 Å². The number of benzene rings is 3. The Balaban J connectivity index is 2.01. The number of non-ortho nitro benzene ring substituents is 1. The van der Waals surface area contributed by atoms with Gasteiger partial charge in [-0.05, 0) is 57.9 Å².